The number of carbonyl (C=O) groups is 3. The fourth-order valence-corrected chi connectivity index (χ4v) is 2.64. The summed E-state index contributed by atoms with van der Waals surface area (Å²) in [7, 11) is 0. The molecule has 146 valence electrons. The molecule has 0 radical (unpaired) electrons. The van der Waals surface area contributed by atoms with E-state index in [2.05, 4.69) is 26.2 Å². The highest BCUT2D eigenvalue weighted by Crippen LogP contribution is 2.16. The highest BCUT2D eigenvalue weighted by molar-refractivity contribution is 5.95. The van der Waals surface area contributed by atoms with Gasteiger partial charge in [0.1, 0.15) is 12.9 Å². The van der Waals surface area contributed by atoms with Crippen molar-refractivity contribution in [2.24, 2.45) is 0 Å². The van der Waals surface area contributed by atoms with Crippen LogP contribution in [0.2, 0.25) is 0 Å². The van der Waals surface area contributed by atoms with E-state index >= 15 is 0 Å². The van der Waals surface area contributed by atoms with Crippen LogP contribution in [-0.4, -0.2) is 57.4 Å². The Hall–Kier alpha value is -3.76. The molecular formula is C17H18N6O5. The maximum absolute atomic E-state index is 12.3. The van der Waals surface area contributed by atoms with Crippen molar-refractivity contribution >= 4 is 18.0 Å². The number of benzene rings is 1. The van der Waals surface area contributed by atoms with Crippen molar-refractivity contribution in [2.45, 2.75) is 19.9 Å². The molecule has 0 unspecified atom stereocenters. The Balaban J connectivity index is 1.71. The van der Waals surface area contributed by atoms with Gasteiger partial charge < -0.3 is 20.1 Å². The van der Waals surface area contributed by atoms with Gasteiger partial charge in [0.15, 0.2) is 0 Å². The highest BCUT2D eigenvalue weighted by Gasteiger charge is 2.30. The van der Waals surface area contributed by atoms with Gasteiger partial charge in [-0.2, -0.15) is 0 Å². The standard InChI is InChI=1S/C17H18N6O5/c1-3-27-16(25)14-10(2)19-17(26)20-13(14)8-28-15(24)11-4-6-12(7-5-11)23-9-18-21-22-23/h4-7,9-10H,3,8H2,1-2H3,(H2,19,20,26)/t10-/m1/s1. The normalized spacial score (nSPS) is 16.2. The molecule has 1 aliphatic rings. The Morgan fingerprint density at radius 1 is 1.18 bits per heavy atom. The molecule has 0 bridgehead atoms. The zero-order valence-electron chi connectivity index (χ0n) is 15.2. The number of urea groups is 1. The second-order valence-electron chi connectivity index (χ2n) is 5.81. The first-order valence-corrected chi connectivity index (χ1v) is 8.47. The lowest BCUT2D eigenvalue weighted by Crippen LogP contribution is -2.50. The summed E-state index contributed by atoms with van der Waals surface area (Å²) >= 11 is 0. The molecule has 2 heterocycles. The molecule has 2 amide bonds. The molecule has 1 aromatic heterocycles. The minimum absolute atomic E-state index is 0.184. The van der Waals surface area contributed by atoms with Crippen LogP contribution in [0.15, 0.2) is 41.9 Å². The van der Waals surface area contributed by atoms with E-state index in [9.17, 15) is 14.4 Å². The van der Waals surface area contributed by atoms with Gasteiger partial charge in [-0.25, -0.2) is 19.1 Å². The predicted octanol–water partition coefficient (Wildman–Crippen LogP) is 0.338. The summed E-state index contributed by atoms with van der Waals surface area (Å²) in [5.74, 6) is -1.20. The number of rotatable bonds is 6. The summed E-state index contributed by atoms with van der Waals surface area (Å²) < 4.78 is 11.7. The number of esters is 2. The number of amides is 2. The number of tetrazole rings is 1. The Bertz CT molecular complexity index is 907. The molecular weight excluding hydrogens is 368 g/mol. The van der Waals surface area contributed by atoms with Crippen LogP contribution in [0, 0.1) is 0 Å². The van der Waals surface area contributed by atoms with Crippen molar-refractivity contribution < 1.29 is 23.9 Å². The van der Waals surface area contributed by atoms with Gasteiger partial charge in [0.05, 0.1) is 35.2 Å². The third kappa shape index (κ3) is 4.14. The fraction of sp³-hybridized carbons (Fsp3) is 0.294. The van der Waals surface area contributed by atoms with Crippen LogP contribution in [-0.2, 0) is 14.3 Å². The van der Waals surface area contributed by atoms with Crippen molar-refractivity contribution in [1.29, 1.82) is 0 Å². The van der Waals surface area contributed by atoms with E-state index in [1.165, 1.54) is 11.0 Å². The third-order valence-electron chi connectivity index (χ3n) is 3.93. The Morgan fingerprint density at radius 2 is 1.93 bits per heavy atom. The predicted molar refractivity (Wildman–Crippen MR) is 94.2 cm³/mol. The van der Waals surface area contributed by atoms with Gasteiger partial charge in [-0.1, -0.05) is 0 Å². The quantitative estimate of drug-likeness (QED) is 0.678. The lowest BCUT2D eigenvalue weighted by atomic mass is 10.0. The minimum Gasteiger partial charge on any atom is -0.463 e. The number of nitrogens with one attached hydrogen (secondary N) is 2. The average Bonchev–Trinajstić information content (AvgIpc) is 3.20. The molecule has 0 fully saturated rings. The van der Waals surface area contributed by atoms with E-state index in [1.807, 2.05) is 0 Å². The van der Waals surface area contributed by atoms with Gasteiger partial charge in [0, 0.05) is 0 Å². The lowest BCUT2D eigenvalue weighted by molar-refractivity contribution is -0.139. The highest BCUT2D eigenvalue weighted by atomic mass is 16.5. The van der Waals surface area contributed by atoms with E-state index in [0.717, 1.165) is 0 Å². The first kappa shape index (κ1) is 19.0. The first-order valence-electron chi connectivity index (χ1n) is 8.47. The monoisotopic (exact) mass is 386 g/mol. The summed E-state index contributed by atoms with van der Waals surface area (Å²) in [5, 5.41) is 15.9. The molecule has 0 aliphatic carbocycles. The van der Waals surface area contributed by atoms with E-state index in [0.29, 0.717) is 11.3 Å². The Morgan fingerprint density at radius 3 is 2.57 bits per heavy atom. The Kier molecular flexibility index (Phi) is 5.63. The summed E-state index contributed by atoms with van der Waals surface area (Å²) in [4.78, 5) is 36.2. The summed E-state index contributed by atoms with van der Waals surface area (Å²) in [6.45, 7) is 3.23. The molecule has 2 aromatic rings. The SMILES string of the molecule is CCOC(=O)C1=C(COC(=O)c2ccc(-n3cnnn3)cc2)NC(=O)N[C@@H]1C. The van der Waals surface area contributed by atoms with Crippen molar-refractivity contribution in [3.63, 3.8) is 0 Å². The second kappa shape index (κ2) is 8.29. The third-order valence-corrected chi connectivity index (χ3v) is 3.93. The summed E-state index contributed by atoms with van der Waals surface area (Å²) in [6, 6.07) is 5.37. The van der Waals surface area contributed by atoms with Gasteiger partial charge in [-0.3, -0.25) is 0 Å². The first-order chi connectivity index (χ1) is 13.5. The molecule has 11 nitrogen and oxygen atoms in total. The maximum Gasteiger partial charge on any atom is 0.338 e. The van der Waals surface area contributed by atoms with Crippen molar-refractivity contribution in [1.82, 2.24) is 30.8 Å². The van der Waals surface area contributed by atoms with Crippen molar-refractivity contribution in [3.05, 3.63) is 47.4 Å². The van der Waals surface area contributed by atoms with Crippen LogP contribution in [0.4, 0.5) is 4.79 Å². The molecule has 1 aliphatic heterocycles. The molecule has 0 saturated heterocycles. The number of aromatic nitrogens is 4. The zero-order valence-corrected chi connectivity index (χ0v) is 15.2. The van der Waals surface area contributed by atoms with E-state index in [1.54, 1.807) is 38.1 Å². The number of hydrogen-bond acceptors (Lipinski definition) is 8. The maximum atomic E-state index is 12.3. The molecule has 1 aromatic carbocycles. The van der Waals surface area contributed by atoms with Gasteiger partial charge >= 0.3 is 18.0 Å². The lowest BCUT2D eigenvalue weighted by Gasteiger charge is -2.26. The van der Waals surface area contributed by atoms with Crippen LogP contribution < -0.4 is 10.6 Å². The molecule has 2 N–H and O–H groups in total. The van der Waals surface area contributed by atoms with Crippen molar-refractivity contribution in [2.75, 3.05) is 13.2 Å². The largest absolute Gasteiger partial charge is 0.463 e. The number of nitrogens with zero attached hydrogens (tertiary/aromatic N) is 4. The minimum atomic E-state index is -0.612. The average molecular weight is 386 g/mol. The summed E-state index contributed by atoms with van der Waals surface area (Å²) in [5.41, 5.74) is 1.37. The summed E-state index contributed by atoms with van der Waals surface area (Å²) in [6.07, 6.45) is 1.43. The molecule has 3 rings (SSSR count). The molecule has 1 atom stereocenters. The molecule has 11 heteroatoms. The number of hydrogen-bond donors (Lipinski definition) is 2. The van der Waals surface area contributed by atoms with Crippen LogP contribution in [0.5, 0.6) is 0 Å². The molecule has 28 heavy (non-hydrogen) atoms. The van der Waals surface area contributed by atoms with E-state index in [4.69, 9.17) is 9.47 Å². The fourth-order valence-electron chi connectivity index (χ4n) is 2.64. The van der Waals surface area contributed by atoms with E-state index in [-0.39, 0.29) is 24.5 Å². The smallest absolute Gasteiger partial charge is 0.338 e. The van der Waals surface area contributed by atoms with Crippen LogP contribution in [0.3, 0.4) is 0 Å². The van der Waals surface area contributed by atoms with Crippen LogP contribution in [0.25, 0.3) is 5.69 Å². The van der Waals surface area contributed by atoms with Gasteiger partial charge in [-0.15, -0.1) is 5.10 Å². The second-order valence-corrected chi connectivity index (χ2v) is 5.81. The van der Waals surface area contributed by atoms with Crippen molar-refractivity contribution in [3.8, 4) is 5.69 Å². The number of carbonyl (C=O) groups excluding carboxylic acids is 3. The Labute approximate surface area is 159 Å². The van der Waals surface area contributed by atoms with E-state index < -0.39 is 24.0 Å². The van der Waals surface area contributed by atoms with Crippen LogP contribution >= 0.6 is 0 Å². The van der Waals surface area contributed by atoms with Gasteiger partial charge in [0.2, 0.25) is 0 Å². The molecule has 0 saturated carbocycles. The van der Waals surface area contributed by atoms with Gasteiger partial charge in [0.25, 0.3) is 0 Å². The zero-order chi connectivity index (χ0) is 20.1. The van der Waals surface area contributed by atoms with Crippen LogP contribution in [0.1, 0.15) is 24.2 Å². The topological polar surface area (TPSA) is 137 Å². The van der Waals surface area contributed by atoms with Gasteiger partial charge in [-0.05, 0) is 48.5 Å². The molecule has 0 spiro atoms. The number of ether oxygens (including phenoxy) is 2.